The van der Waals surface area contributed by atoms with Gasteiger partial charge in [0.2, 0.25) is 0 Å². The summed E-state index contributed by atoms with van der Waals surface area (Å²) in [5.41, 5.74) is 7.55. The van der Waals surface area contributed by atoms with E-state index in [-0.39, 0.29) is 6.29 Å². The van der Waals surface area contributed by atoms with Gasteiger partial charge >= 0.3 is 0 Å². The molecule has 0 bridgehead atoms. The number of hydrogen-bond acceptors (Lipinski definition) is 6. The minimum atomic E-state index is -0.277. The molecule has 0 amide bonds. The van der Waals surface area contributed by atoms with E-state index in [1.165, 1.54) is 0 Å². The average molecular weight is 270 g/mol. The SMILES string of the molecule is COc1cc(N)c(CNCC(OC)OC)cc1OC. The van der Waals surface area contributed by atoms with Crippen molar-refractivity contribution in [2.24, 2.45) is 0 Å². The monoisotopic (exact) mass is 270 g/mol. The van der Waals surface area contributed by atoms with Gasteiger partial charge in [-0.1, -0.05) is 0 Å². The topological polar surface area (TPSA) is 75.0 Å². The molecule has 0 aliphatic heterocycles. The molecular weight excluding hydrogens is 248 g/mol. The van der Waals surface area contributed by atoms with Crippen molar-refractivity contribution in [3.63, 3.8) is 0 Å². The standard InChI is InChI=1S/C13H22N2O4/c1-16-11-5-9(10(14)6-12(11)17-2)7-15-8-13(18-3)19-4/h5-6,13,15H,7-8,14H2,1-4H3. The van der Waals surface area contributed by atoms with Crippen molar-refractivity contribution in [2.45, 2.75) is 12.8 Å². The van der Waals surface area contributed by atoms with Gasteiger partial charge in [-0.15, -0.1) is 0 Å². The van der Waals surface area contributed by atoms with Gasteiger partial charge in [0.25, 0.3) is 0 Å². The molecule has 0 radical (unpaired) electrons. The lowest BCUT2D eigenvalue weighted by atomic mass is 10.1. The molecular formula is C13H22N2O4. The van der Waals surface area contributed by atoms with Crippen LogP contribution >= 0.6 is 0 Å². The number of anilines is 1. The Hall–Kier alpha value is -1.50. The molecule has 0 heterocycles. The van der Waals surface area contributed by atoms with E-state index in [0.717, 1.165) is 5.56 Å². The molecule has 1 aromatic rings. The van der Waals surface area contributed by atoms with Gasteiger partial charge in [-0.25, -0.2) is 0 Å². The highest BCUT2D eigenvalue weighted by molar-refractivity contribution is 5.57. The molecule has 0 aliphatic carbocycles. The summed E-state index contributed by atoms with van der Waals surface area (Å²) in [4.78, 5) is 0. The fourth-order valence-electron chi connectivity index (χ4n) is 1.68. The first-order chi connectivity index (χ1) is 9.15. The zero-order valence-electron chi connectivity index (χ0n) is 11.9. The summed E-state index contributed by atoms with van der Waals surface area (Å²) in [5.74, 6) is 1.28. The Morgan fingerprint density at radius 3 is 2.16 bits per heavy atom. The van der Waals surface area contributed by atoms with E-state index in [4.69, 9.17) is 24.7 Å². The number of rotatable bonds is 8. The van der Waals surface area contributed by atoms with Crippen molar-refractivity contribution in [3.8, 4) is 11.5 Å². The molecule has 3 N–H and O–H groups in total. The summed E-state index contributed by atoms with van der Waals surface area (Å²) in [6.07, 6.45) is -0.277. The summed E-state index contributed by atoms with van der Waals surface area (Å²) < 4.78 is 20.6. The Morgan fingerprint density at radius 2 is 1.63 bits per heavy atom. The largest absolute Gasteiger partial charge is 0.493 e. The smallest absolute Gasteiger partial charge is 0.169 e. The zero-order valence-corrected chi connectivity index (χ0v) is 11.9. The summed E-state index contributed by atoms with van der Waals surface area (Å²) >= 11 is 0. The fraction of sp³-hybridized carbons (Fsp3) is 0.538. The molecule has 0 fully saturated rings. The van der Waals surface area contributed by atoms with Crippen LogP contribution in [0.1, 0.15) is 5.56 Å². The number of nitrogens with two attached hydrogens (primary N) is 1. The molecule has 1 rings (SSSR count). The maximum Gasteiger partial charge on any atom is 0.169 e. The van der Waals surface area contributed by atoms with Crippen LogP contribution < -0.4 is 20.5 Å². The van der Waals surface area contributed by atoms with Crippen molar-refractivity contribution in [2.75, 3.05) is 40.7 Å². The molecule has 1 aromatic carbocycles. The van der Waals surface area contributed by atoms with Gasteiger partial charge in [0, 0.05) is 39.1 Å². The second-order valence-corrected chi connectivity index (χ2v) is 3.94. The van der Waals surface area contributed by atoms with Crippen molar-refractivity contribution < 1.29 is 18.9 Å². The van der Waals surface area contributed by atoms with E-state index in [1.807, 2.05) is 6.07 Å². The summed E-state index contributed by atoms with van der Waals surface area (Å²) in [6, 6.07) is 3.61. The van der Waals surface area contributed by atoms with E-state index in [9.17, 15) is 0 Å². The lowest BCUT2D eigenvalue weighted by Crippen LogP contribution is -2.29. The number of benzene rings is 1. The number of nitrogens with one attached hydrogen (secondary N) is 1. The van der Waals surface area contributed by atoms with Crippen LogP contribution in [0.5, 0.6) is 11.5 Å². The highest BCUT2D eigenvalue weighted by Gasteiger charge is 2.10. The first-order valence-corrected chi connectivity index (χ1v) is 5.92. The number of nitrogen functional groups attached to an aromatic ring is 1. The van der Waals surface area contributed by atoms with Crippen LogP contribution in [0.2, 0.25) is 0 Å². The van der Waals surface area contributed by atoms with Crippen molar-refractivity contribution >= 4 is 5.69 Å². The predicted molar refractivity (Wildman–Crippen MR) is 73.5 cm³/mol. The Balaban J connectivity index is 2.68. The Bertz CT molecular complexity index is 394. The fourth-order valence-corrected chi connectivity index (χ4v) is 1.68. The van der Waals surface area contributed by atoms with Crippen LogP contribution in [0.25, 0.3) is 0 Å². The minimum absolute atomic E-state index is 0.277. The summed E-state index contributed by atoms with van der Waals surface area (Å²) in [7, 11) is 6.37. The van der Waals surface area contributed by atoms with Gasteiger partial charge in [0.15, 0.2) is 17.8 Å². The molecule has 0 aromatic heterocycles. The van der Waals surface area contributed by atoms with Crippen LogP contribution in [0.3, 0.4) is 0 Å². The zero-order chi connectivity index (χ0) is 14.3. The molecule has 108 valence electrons. The molecule has 0 saturated heterocycles. The molecule has 0 atom stereocenters. The Morgan fingerprint density at radius 1 is 1.05 bits per heavy atom. The van der Waals surface area contributed by atoms with E-state index in [1.54, 1.807) is 34.5 Å². The molecule has 0 spiro atoms. The Kier molecular flexibility index (Phi) is 6.41. The number of methoxy groups -OCH3 is 4. The van der Waals surface area contributed by atoms with Gasteiger partial charge in [-0.2, -0.15) is 0 Å². The minimum Gasteiger partial charge on any atom is -0.493 e. The second-order valence-electron chi connectivity index (χ2n) is 3.94. The lowest BCUT2D eigenvalue weighted by Gasteiger charge is -2.16. The van der Waals surface area contributed by atoms with Crippen LogP contribution in [0.4, 0.5) is 5.69 Å². The molecule has 6 heteroatoms. The van der Waals surface area contributed by atoms with Gasteiger partial charge in [-0.05, 0) is 11.6 Å². The van der Waals surface area contributed by atoms with E-state index in [2.05, 4.69) is 5.32 Å². The number of hydrogen-bond donors (Lipinski definition) is 2. The van der Waals surface area contributed by atoms with Crippen LogP contribution in [0.15, 0.2) is 12.1 Å². The molecule has 0 unspecified atom stereocenters. The van der Waals surface area contributed by atoms with Gasteiger partial charge in [-0.3, -0.25) is 0 Å². The van der Waals surface area contributed by atoms with E-state index < -0.39 is 0 Å². The Labute approximate surface area is 113 Å². The molecule has 6 nitrogen and oxygen atoms in total. The quantitative estimate of drug-likeness (QED) is 0.542. The third-order valence-corrected chi connectivity index (χ3v) is 2.80. The van der Waals surface area contributed by atoms with Crippen molar-refractivity contribution in [1.29, 1.82) is 0 Å². The predicted octanol–water partition coefficient (Wildman–Crippen LogP) is 0.994. The molecule has 0 saturated carbocycles. The van der Waals surface area contributed by atoms with Gasteiger partial charge in [0.1, 0.15) is 0 Å². The van der Waals surface area contributed by atoms with Crippen LogP contribution in [-0.2, 0) is 16.0 Å². The van der Waals surface area contributed by atoms with E-state index >= 15 is 0 Å². The first-order valence-electron chi connectivity index (χ1n) is 5.92. The van der Waals surface area contributed by atoms with Gasteiger partial charge < -0.3 is 30.0 Å². The van der Waals surface area contributed by atoms with Crippen molar-refractivity contribution in [3.05, 3.63) is 17.7 Å². The molecule has 0 aliphatic rings. The normalized spacial score (nSPS) is 10.8. The van der Waals surface area contributed by atoms with Crippen molar-refractivity contribution in [1.82, 2.24) is 5.32 Å². The second kappa shape index (κ2) is 7.83. The third-order valence-electron chi connectivity index (χ3n) is 2.80. The highest BCUT2D eigenvalue weighted by Crippen LogP contribution is 2.31. The number of ether oxygens (including phenoxy) is 4. The highest BCUT2D eigenvalue weighted by atomic mass is 16.7. The van der Waals surface area contributed by atoms with Crippen LogP contribution in [0, 0.1) is 0 Å². The maximum atomic E-state index is 5.96. The van der Waals surface area contributed by atoms with E-state index in [0.29, 0.717) is 30.3 Å². The first kappa shape index (κ1) is 15.6. The van der Waals surface area contributed by atoms with Crippen LogP contribution in [-0.4, -0.2) is 41.3 Å². The summed E-state index contributed by atoms with van der Waals surface area (Å²) in [5, 5.41) is 3.21. The average Bonchev–Trinajstić information content (AvgIpc) is 2.44. The molecule has 19 heavy (non-hydrogen) atoms. The maximum absolute atomic E-state index is 5.96. The summed E-state index contributed by atoms with van der Waals surface area (Å²) in [6.45, 7) is 1.16. The van der Waals surface area contributed by atoms with Gasteiger partial charge in [0.05, 0.1) is 14.2 Å². The third kappa shape index (κ3) is 4.27. The lowest BCUT2D eigenvalue weighted by molar-refractivity contribution is -0.0989.